The average Bonchev–Trinajstić information content (AvgIpc) is 2.76. The quantitative estimate of drug-likeness (QED) is 0.343. The molecule has 2 rings (SSSR count). The number of carbonyl (C=O) groups is 1. The Kier molecular flexibility index (Phi) is 11.3. The van der Waals surface area contributed by atoms with Crippen LogP contribution in [0.5, 0.6) is 5.75 Å². The van der Waals surface area contributed by atoms with E-state index >= 15 is 0 Å². The van der Waals surface area contributed by atoms with Crippen LogP contribution in [-0.2, 0) is 0 Å². The molecule has 1 aliphatic rings. The van der Waals surface area contributed by atoms with Gasteiger partial charge >= 0.3 is 6.09 Å². The number of benzene rings is 1. The van der Waals surface area contributed by atoms with Crippen molar-refractivity contribution in [3.05, 3.63) is 29.8 Å². The fraction of sp³-hybridized carbons (Fsp3) is 0.720. The van der Waals surface area contributed by atoms with Crippen LogP contribution in [0.2, 0.25) is 0 Å². The molecule has 0 unspecified atom stereocenters. The standard InChI is InChI=1S/C25H40F2N2O2/c1-4-5-8-17-28(2)18-9-6-7-10-20-11-13-21(14-12-20)29(3)25(30)31-22-15-16-23(26)24(27)19-22/h15-16,19-21H,4-14,17-18H2,1-3H3/t20-,21-. The first-order valence-corrected chi connectivity index (χ1v) is 12.0. The number of carbonyl (C=O) groups excluding carboxylic acids is 1. The van der Waals surface area contributed by atoms with Gasteiger partial charge in [-0.05, 0) is 76.7 Å². The number of hydrogen-bond acceptors (Lipinski definition) is 3. The van der Waals surface area contributed by atoms with Gasteiger partial charge in [-0.1, -0.05) is 39.0 Å². The van der Waals surface area contributed by atoms with Crippen LogP contribution in [0.1, 0.15) is 77.6 Å². The lowest BCUT2D eigenvalue weighted by Gasteiger charge is -2.34. The molecule has 1 aromatic rings. The third kappa shape index (κ3) is 9.14. The molecule has 0 aliphatic heterocycles. The highest BCUT2D eigenvalue weighted by Crippen LogP contribution is 2.31. The first-order chi connectivity index (χ1) is 14.9. The van der Waals surface area contributed by atoms with Crippen molar-refractivity contribution in [3.63, 3.8) is 0 Å². The summed E-state index contributed by atoms with van der Waals surface area (Å²) in [6.45, 7) is 4.65. The summed E-state index contributed by atoms with van der Waals surface area (Å²) in [5, 5.41) is 0. The SMILES string of the molecule is CCCCCN(C)CCCCC[C@H]1CC[C@H](N(C)C(=O)Oc2ccc(F)c(F)c2)CC1. The number of hydrogen-bond donors (Lipinski definition) is 0. The minimum Gasteiger partial charge on any atom is -0.410 e. The fourth-order valence-electron chi connectivity index (χ4n) is 4.42. The highest BCUT2D eigenvalue weighted by atomic mass is 19.2. The summed E-state index contributed by atoms with van der Waals surface area (Å²) >= 11 is 0. The Labute approximate surface area is 186 Å². The molecule has 0 heterocycles. The smallest absolute Gasteiger partial charge is 0.410 e. The molecule has 0 aromatic heterocycles. The van der Waals surface area contributed by atoms with E-state index in [0.717, 1.165) is 43.7 Å². The Morgan fingerprint density at radius 1 is 0.968 bits per heavy atom. The van der Waals surface area contributed by atoms with Gasteiger partial charge in [0.05, 0.1) is 0 Å². The molecule has 0 N–H and O–H groups in total. The number of amides is 1. The maximum atomic E-state index is 13.3. The van der Waals surface area contributed by atoms with E-state index < -0.39 is 17.7 Å². The Balaban J connectivity index is 1.59. The molecule has 0 bridgehead atoms. The summed E-state index contributed by atoms with van der Waals surface area (Å²) in [6, 6.07) is 3.28. The third-order valence-electron chi connectivity index (χ3n) is 6.54. The highest BCUT2D eigenvalue weighted by molar-refractivity contribution is 5.70. The molecule has 1 aliphatic carbocycles. The Morgan fingerprint density at radius 3 is 2.29 bits per heavy atom. The van der Waals surface area contributed by atoms with E-state index in [2.05, 4.69) is 18.9 Å². The zero-order valence-electron chi connectivity index (χ0n) is 19.5. The van der Waals surface area contributed by atoms with Crippen LogP contribution in [0, 0.1) is 17.6 Å². The van der Waals surface area contributed by atoms with Crippen molar-refractivity contribution >= 4 is 6.09 Å². The van der Waals surface area contributed by atoms with E-state index in [-0.39, 0.29) is 11.8 Å². The summed E-state index contributed by atoms with van der Waals surface area (Å²) in [5.41, 5.74) is 0. The van der Waals surface area contributed by atoms with Crippen LogP contribution in [0.3, 0.4) is 0 Å². The molecule has 0 saturated heterocycles. The molecule has 0 spiro atoms. The second kappa shape index (κ2) is 13.7. The fourth-order valence-corrected chi connectivity index (χ4v) is 4.42. The molecule has 1 saturated carbocycles. The molecular formula is C25H40F2N2O2. The summed E-state index contributed by atoms with van der Waals surface area (Å²) < 4.78 is 31.5. The van der Waals surface area contributed by atoms with Gasteiger partial charge in [-0.15, -0.1) is 0 Å². The number of halogens is 2. The Hall–Kier alpha value is -1.69. The number of ether oxygens (including phenoxy) is 1. The van der Waals surface area contributed by atoms with Gasteiger partial charge in [-0.3, -0.25) is 0 Å². The first-order valence-electron chi connectivity index (χ1n) is 12.0. The molecule has 176 valence electrons. The van der Waals surface area contributed by atoms with Crippen molar-refractivity contribution in [3.8, 4) is 5.75 Å². The Morgan fingerprint density at radius 2 is 1.65 bits per heavy atom. The van der Waals surface area contributed by atoms with Crippen LogP contribution in [0.25, 0.3) is 0 Å². The van der Waals surface area contributed by atoms with Gasteiger partial charge < -0.3 is 14.5 Å². The minimum absolute atomic E-state index is 0.0282. The van der Waals surface area contributed by atoms with Crippen molar-refractivity contribution in [1.29, 1.82) is 0 Å². The van der Waals surface area contributed by atoms with E-state index in [0.29, 0.717) is 0 Å². The molecule has 1 fully saturated rings. The van der Waals surface area contributed by atoms with Gasteiger partial charge in [-0.2, -0.15) is 0 Å². The van der Waals surface area contributed by atoms with Crippen LogP contribution in [0.4, 0.5) is 13.6 Å². The highest BCUT2D eigenvalue weighted by Gasteiger charge is 2.27. The lowest BCUT2D eigenvalue weighted by molar-refractivity contribution is 0.123. The normalized spacial score (nSPS) is 18.9. The molecule has 31 heavy (non-hydrogen) atoms. The second-order valence-corrected chi connectivity index (χ2v) is 9.09. The molecule has 6 heteroatoms. The molecule has 0 atom stereocenters. The number of nitrogens with zero attached hydrogens (tertiary/aromatic N) is 2. The predicted octanol–water partition coefficient (Wildman–Crippen LogP) is 6.64. The van der Waals surface area contributed by atoms with E-state index in [4.69, 9.17) is 4.74 Å². The zero-order valence-corrected chi connectivity index (χ0v) is 19.5. The van der Waals surface area contributed by atoms with Gasteiger partial charge in [0.2, 0.25) is 0 Å². The van der Waals surface area contributed by atoms with Crippen molar-refractivity contribution in [2.45, 2.75) is 83.6 Å². The molecular weight excluding hydrogens is 398 g/mol. The van der Waals surface area contributed by atoms with Gasteiger partial charge in [0, 0.05) is 19.2 Å². The van der Waals surface area contributed by atoms with Gasteiger partial charge in [0.1, 0.15) is 5.75 Å². The maximum absolute atomic E-state index is 13.3. The third-order valence-corrected chi connectivity index (χ3v) is 6.54. The summed E-state index contributed by atoms with van der Waals surface area (Å²) in [5.74, 6) is -1.20. The van der Waals surface area contributed by atoms with Crippen molar-refractivity contribution in [1.82, 2.24) is 9.80 Å². The van der Waals surface area contributed by atoms with Gasteiger partial charge in [0.25, 0.3) is 0 Å². The van der Waals surface area contributed by atoms with Gasteiger partial charge in [-0.25, -0.2) is 13.6 Å². The maximum Gasteiger partial charge on any atom is 0.415 e. The zero-order chi connectivity index (χ0) is 22.6. The van der Waals surface area contributed by atoms with Crippen LogP contribution in [0.15, 0.2) is 18.2 Å². The molecule has 1 amide bonds. The summed E-state index contributed by atoms with van der Waals surface area (Å²) in [6.07, 6.45) is 12.7. The lowest BCUT2D eigenvalue weighted by atomic mass is 9.82. The van der Waals surface area contributed by atoms with Crippen molar-refractivity contribution < 1.29 is 18.3 Å². The predicted molar refractivity (Wildman–Crippen MR) is 121 cm³/mol. The van der Waals surface area contributed by atoms with Crippen molar-refractivity contribution in [2.24, 2.45) is 5.92 Å². The summed E-state index contributed by atoms with van der Waals surface area (Å²) in [7, 11) is 3.95. The van der Waals surface area contributed by atoms with E-state index in [1.807, 2.05) is 0 Å². The monoisotopic (exact) mass is 438 g/mol. The topological polar surface area (TPSA) is 32.8 Å². The van der Waals surface area contributed by atoms with E-state index in [9.17, 15) is 13.6 Å². The largest absolute Gasteiger partial charge is 0.415 e. The molecule has 1 aromatic carbocycles. The molecule has 4 nitrogen and oxygen atoms in total. The van der Waals surface area contributed by atoms with Gasteiger partial charge in [0.15, 0.2) is 11.6 Å². The molecule has 0 radical (unpaired) electrons. The number of rotatable bonds is 12. The second-order valence-electron chi connectivity index (χ2n) is 9.09. The number of unbranched alkanes of at least 4 members (excludes halogenated alkanes) is 4. The Bertz CT molecular complexity index is 663. The van der Waals surface area contributed by atoms with Crippen LogP contribution >= 0.6 is 0 Å². The van der Waals surface area contributed by atoms with E-state index in [1.54, 1.807) is 11.9 Å². The first kappa shape index (κ1) is 25.6. The van der Waals surface area contributed by atoms with Crippen LogP contribution < -0.4 is 4.74 Å². The van der Waals surface area contributed by atoms with Crippen molar-refractivity contribution in [2.75, 3.05) is 27.2 Å². The lowest BCUT2D eigenvalue weighted by Crippen LogP contribution is -2.41. The summed E-state index contributed by atoms with van der Waals surface area (Å²) in [4.78, 5) is 16.4. The average molecular weight is 439 g/mol. The van der Waals surface area contributed by atoms with Crippen LogP contribution in [-0.4, -0.2) is 49.1 Å². The van der Waals surface area contributed by atoms with E-state index in [1.165, 1.54) is 64.1 Å². The minimum atomic E-state index is -1.02.